The van der Waals surface area contributed by atoms with Crippen LogP contribution in [-0.4, -0.2) is 26.4 Å². The molecule has 0 radical (unpaired) electrons. The van der Waals surface area contributed by atoms with Crippen LogP contribution >= 0.6 is 0 Å². The Labute approximate surface area is 175 Å². The van der Waals surface area contributed by atoms with Crippen LogP contribution in [0, 0.1) is 5.92 Å². The summed E-state index contributed by atoms with van der Waals surface area (Å²) in [6.07, 6.45) is 2.30. The summed E-state index contributed by atoms with van der Waals surface area (Å²) < 4.78 is 32.5. The first-order valence-electron chi connectivity index (χ1n) is 9.45. The molecule has 1 aliphatic carbocycles. The second-order valence-electron chi connectivity index (χ2n) is 7.06. The number of benzene rings is 2. The maximum atomic E-state index is 12.5. The fraction of sp³-hybridized carbons (Fsp3) is 0.182. The van der Waals surface area contributed by atoms with E-state index in [0.717, 1.165) is 17.7 Å². The monoisotopic (exact) mass is 423 g/mol. The van der Waals surface area contributed by atoms with Crippen LogP contribution in [0.15, 0.2) is 77.8 Å². The zero-order valence-electron chi connectivity index (χ0n) is 16.3. The number of hydrogen-bond donors (Lipinski definition) is 2. The normalized spacial score (nSPS) is 17.8. The van der Waals surface area contributed by atoms with Gasteiger partial charge in [0.15, 0.2) is 0 Å². The molecular weight excluding hydrogens is 402 g/mol. The number of sulfonamides is 1. The Morgan fingerprint density at radius 3 is 2.40 bits per heavy atom. The minimum absolute atomic E-state index is 0.0713. The van der Waals surface area contributed by atoms with Gasteiger partial charge in [0, 0.05) is 17.8 Å². The molecule has 30 heavy (non-hydrogen) atoms. The van der Waals surface area contributed by atoms with Crippen molar-refractivity contribution >= 4 is 27.4 Å². The first-order chi connectivity index (χ1) is 14.5. The quantitative estimate of drug-likeness (QED) is 0.605. The second kappa shape index (κ2) is 8.16. The fourth-order valence-electron chi connectivity index (χ4n) is 3.28. The van der Waals surface area contributed by atoms with Gasteiger partial charge >= 0.3 is 0 Å². The van der Waals surface area contributed by atoms with Crippen LogP contribution < -0.4 is 14.8 Å². The third-order valence-corrected chi connectivity index (χ3v) is 6.38. The lowest BCUT2D eigenvalue weighted by molar-refractivity contribution is -0.117. The Kier molecular flexibility index (Phi) is 5.41. The number of pyridine rings is 1. The van der Waals surface area contributed by atoms with E-state index >= 15 is 0 Å². The molecule has 1 heterocycles. The molecule has 4 rings (SSSR count). The van der Waals surface area contributed by atoms with Gasteiger partial charge in [0.1, 0.15) is 11.6 Å². The minimum Gasteiger partial charge on any atom is -0.497 e. The molecule has 8 heteroatoms. The summed E-state index contributed by atoms with van der Waals surface area (Å²) in [5.74, 6) is 1.06. The number of carbonyl (C=O) groups excluding carboxylic acids is 1. The third kappa shape index (κ3) is 4.44. The van der Waals surface area contributed by atoms with Gasteiger partial charge in [-0.25, -0.2) is 13.4 Å². The Balaban J connectivity index is 1.37. The van der Waals surface area contributed by atoms with E-state index in [0.29, 0.717) is 5.69 Å². The number of aromatic nitrogens is 1. The fourth-order valence-corrected chi connectivity index (χ4v) is 4.28. The van der Waals surface area contributed by atoms with Crippen molar-refractivity contribution in [2.45, 2.75) is 17.2 Å². The minimum atomic E-state index is -3.75. The third-order valence-electron chi connectivity index (χ3n) is 5.01. The first-order valence-corrected chi connectivity index (χ1v) is 10.9. The van der Waals surface area contributed by atoms with E-state index in [1.165, 1.54) is 18.3 Å². The summed E-state index contributed by atoms with van der Waals surface area (Å²) in [6.45, 7) is 0. The first kappa shape index (κ1) is 19.9. The molecular formula is C22H21N3O4S. The highest BCUT2D eigenvalue weighted by Gasteiger charge is 2.43. The smallest absolute Gasteiger partial charge is 0.263 e. The van der Waals surface area contributed by atoms with E-state index in [1.807, 2.05) is 24.3 Å². The number of amides is 1. The molecule has 0 spiro atoms. The molecule has 1 fully saturated rings. The summed E-state index contributed by atoms with van der Waals surface area (Å²) in [4.78, 5) is 16.6. The highest BCUT2D eigenvalue weighted by Crippen LogP contribution is 2.48. The zero-order valence-corrected chi connectivity index (χ0v) is 17.1. The molecule has 2 unspecified atom stereocenters. The average Bonchev–Trinajstić information content (AvgIpc) is 3.56. The van der Waals surface area contributed by atoms with Crippen molar-refractivity contribution in [2.24, 2.45) is 5.92 Å². The van der Waals surface area contributed by atoms with E-state index in [2.05, 4.69) is 15.0 Å². The number of ether oxygens (including phenoxy) is 1. The van der Waals surface area contributed by atoms with E-state index in [1.54, 1.807) is 37.4 Å². The second-order valence-corrected chi connectivity index (χ2v) is 8.74. The molecule has 2 aromatic carbocycles. The molecule has 2 atom stereocenters. The molecule has 154 valence electrons. The molecule has 1 aromatic heterocycles. The molecule has 1 saturated carbocycles. The largest absolute Gasteiger partial charge is 0.497 e. The Bertz CT molecular complexity index is 1130. The van der Waals surface area contributed by atoms with Gasteiger partial charge in [-0.3, -0.25) is 9.52 Å². The van der Waals surface area contributed by atoms with E-state index in [4.69, 9.17) is 4.74 Å². The maximum absolute atomic E-state index is 12.5. The van der Waals surface area contributed by atoms with Crippen LogP contribution in [0.4, 0.5) is 11.5 Å². The van der Waals surface area contributed by atoms with E-state index in [9.17, 15) is 13.2 Å². The summed E-state index contributed by atoms with van der Waals surface area (Å²) >= 11 is 0. The van der Waals surface area contributed by atoms with Crippen molar-refractivity contribution < 1.29 is 17.9 Å². The van der Waals surface area contributed by atoms with E-state index in [-0.39, 0.29) is 28.5 Å². The SMILES string of the molecule is COc1ccc(C2CC2C(=O)Nc2ccc(S(=O)(=O)Nc3ccccn3)cc2)cc1. The lowest BCUT2D eigenvalue weighted by Gasteiger charge is -2.09. The van der Waals surface area contributed by atoms with Gasteiger partial charge in [-0.05, 0) is 66.4 Å². The van der Waals surface area contributed by atoms with Crippen molar-refractivity contribution in [2.75, 3.05) is 17.1 Å². The molecule has 7 nitrogen and oxygen atoms in total. The van der Waals surface area contributed by atoms with Crippen molar-refractivity contribution in [3.63, 3.8) is 0 Å². The van der Waals surface area contributed by atoms with Gasteiger partial charge in [-0.1, -0.05) is 18.2 Å². The number of anilines is 2. The summed E-state index contributed by atoms with van der Waals surface area (Å²) in [5, 5.41) is 2.86. The summed E-state index contributed by atoms with van der Waals surface area (Å²) in [6, 6.07) is 18.8. The molecule has 2 N–H and O–H groups in total. The number of rotatable bonds is 7. The lowest BCUT2D eigenvalue weighted by Crippen LogP contribution is -2.16. The predicted molar refractivity (Wildman–Crippen MR) is 114 cm³/mol. The number of nitrogens with one attached hydrogen (secondary N) is 2. The van der Waals surface area contributed by atoms with Crippen LogP contribution in [0.2, 0.25) is 0 Å². The van der Waals surface area contributed by atoms with Crippen molar-refractivity contribution in [3.05, 3.63) is 78.5 Å². The molecule has 3 aromatic rings. The van der Waals surface area contributed by atoms with Gasteiger partial charge in [0.2, 0.25) is 5.91 Å². The number of hydrogen-bond acceptors (Lipinski definition) is 5. The summed E-state index contributed by atoms with van der Waals surface area (Å²) in [5.41, 5.74) is 1.66. The predicted octanol–water partition coefficient (Wildman–Crippen LogP) is 3.63. The lowest BCUT2D eigenvalue weighted by atomic mass is 10.1. The van der Waals surface area contributed by atoms with Crippen LogP contribution in [0.25, 0.3) is 0 Å². The Morgan fingerprint density at radius 2 is 1.77 bits per heavy atom. The zero-order chi connectivity index (χ0) is 21.1. The molecule has 0 aliphatic heterocycles. The van der Waals surface area contributed by atoms with Crippen molar-refractivity contribution in [1.29, 1.82) is 0 Å². The topological polar surface area (TPSA) is 97.4 Å². The van der Waals surface area contributed by atoms with Crippen LogP contribution in [0.1, 0.15) is 17.9 Å². The van der Waals surface area contributed by atoms with Gasteiger partial charge < -0.3 is 10.1 Å². The molecule has 0 bridgehead atoms. The average molecular weight is 423 g/mol. The highest BCUT2D eigenvalue weighted by molar-refractivity contribution is 7.92. The number of nitrogens with zero attached hydrogens (tertiary/aromatic N) is 1. The van der Waals surface area contributed by atoms with Crippen LogP contribution in [-0.2, 0) is 14.8 Å². The standard InChI is InChI=1S/C22H21N3O4S/c1-29-17-9-5-15(6-10-17)19-14-20(19)22(26)24-16-7-11-18(12-8-16)30(27,28)25-21-4-2-3-13-23-21/h2-13,19-20H,14H2,1H3,(H,23,25)(H,24,26). The molecule has 0 saturated heterocycles. The molecule has 1 amide bonds. The van der Waals surface area contributed by atoms with Crippen molar-refractivity contribution in [3.8, 4) is 5.75 Å². The number of carbonyl (C=O) groups is 1. The Morgan fingerprint density at radius 1 is 1.03 bits per heavy atom. The number of methoxy groups -OCH3 is 1. The van der Waals surface area contributed by atoms with Crippen LogP contribution in [0.3, 0.4) is 0 Å². The maximum Gasteiger partial charge on any atom is 0.263 e. The van der Waals surface area contributed by atoms with Gasteiger partial charge in [0.25, 0.3) is 10.0 Å². The van der Waals surface area contributed by atoms with Crippen LogP contribution in [0.5, 0.6) is 5.75 Å². The van der Waals surface area contributed by atoms with Gasteiger partial charge in [-0.2, -0.15) is 0 Å². The van der Waals surface area contributed by atoms with Crippen molar-refractivity contribution in [1.82, 2.24) is 4.98 Å². The van der Waals surface area contributed by atoms with E-state index < -0.39 is 10.0 Å². The van der Waals surface area contributed by atoms with Gasteiger partial charge in [-0.15, -0.1) is 0 Å². The Hall–Kier alpha value is -3.39. The molecule has 1 aliphatic rings. The summed E-state index contributed by atoms with van der Waals surface area (Å²) in [7, 11) is -2.13. The highest BCUT2D eigenvalue weighted by atomic mass is 32.2. The van der Waals surface area contributed by atoms with Gasteiger partial charge in [0.05, 0.1) is 12.0 Å².